The SMILES string of the molecule is CCC1CCc2nc(NC(=O)CCc3ccc(S(=O)(=O)N4CCOCC4)cc3)sc2C1. The smallest absolute Gasteiger partial charge is 0.243 e. The second-order valence-electron chi connectivity index (χ2n) is 8.11. The zero-order chi connectivity index (χ0) is 21.8. The number of fused-ring (bicyclic) bond motifs is 1. The molecule has 4 rings (SSSR count). The van der Waals surface area contributed by atoms with Gasteiger partial charge < -0.3 is 10.1 Å². The average molecular weight is 464 g/mol. The highest BCUT2D eigenvalue weighted by Gasteiger charge is 2.26. The first-order valence-corrected chi connectivity index (χ1v) is 13.2. The Morgan fingerprint density at radius 2 is 2.00 bits per heavy atom. The van der Waals surface area contributed by atoms with Gasteiger partial charge in [0.25, 0.3) is 0 Å². The lowest BCUT2D eigenvalue weighted by atomic mass is 9.89. The van der Waals surface area contributed by atoms with E-state index in [1.165, 1.54) is 22.0 Å². The first-order chi connectivity index (χ1) is 15.0. The third-order valence-electron chi connectivity index (χ3n) is 6.04. The van der Waals surface area contributed by atoms with Crippen molar-refractivity contribution in [1.82, 2.24) is 9.29 Å². The summed E-state index contributed by atoms with van der Waals surface area (Å²) in [7, 11) is -3.49. The fourth-order valence-electron chi connectivity index (χ4n) is 4.05. The van der Waals surface area contributed by atoms with Crippen LogP contribution in [0.4, 0.5) is 5.13 Å². The summed E-state index contributed by atoms with van der Waals surface area (Å²) in [6, 6.07) is 6.81. The van der Waals surface area contributed by atoms with Crippen molar-refractivity contribution in [3.63, 3.8) is 0 Å². The molecular weight excluding hydrogens is 434 g/mol. The lowest BCUT2D eigenvalue weighted by Gasteiger charge is -2.26. The summed E-state index contributed by atoms with van der Waals surface area (Å²) < 4.78 is 32.1. The summed E-state index contributed by atoms with van der Waals surface area (Å²) in [6.45, 7) is 3.83. The average Bonchev–Trinajstić information content (AvgIpc) is 3.19. The largest absolute Gasteiger partial charge is 0.379 e. The standard InChI is InChI=1S/C22H29N3O4S2/c1-2-16-5-9-19-20(15-16)30-22(23-19)24-21(26)10-6-17-3-7-18(8-4-17)31(27,28)25-11-13-29-14-12-25/h3-4,7-8,16H,2,5-6,9-15H2,1H3,(H,23,24,26). The Labute approximate surface area is 187 Å². The summed E-state index contributed by atoms with van der Waals surface area (Å²) in [5.74, 6) is 0.662. The minimum absolute atomic E-state index is 0.0665. The van der Waals surface area contributed by atoms with Crippen LogP contribution in [0.3, 0.4) is 0 Å². The van der Waals surface area contributed by atoms with Gasteiger partial charge in [0.2, 0.25) is 15.9 Å². The van der Waals surface area contributed by atoms with Crippen molar-refractivity contribution >= 4 is 32.4 Å². The molecule has 1 N–H and O–H groups in total. The fraction of sp³-hybridized carbons (Fsp3) is 0.545. The van der Waals surface area contributed by atoms with Gasteiger partial charge in [0.1, 0.15) is 0 Å². The Bertz CT molecular complexity index is 1010. The zero-order valence-corrected chi connectivity index (χ0v) is 19.4. The van der Waals surface area contributed by atoms with Crippen molar-refractivity contribution in [3.8, 4) is 0 Å². The number of aromatic nitrogens is 1. The monoisotopic (exact) mass is 463 g/mol. The van der Waals surface area contributed by atoms with Crippen molar-refractivity contribution in [1.29, 1.82) is 0 Å². The molecule has 1 amide bonds. The molecule has 0 radical (unpaired) electrons. The Hall–Kier alpha value is -1.81. The molecule has 0 saturated carbocycles. The number of hydrogen-bond donors (Lipinski definition) is 1. The molecule has 0 spiro atoms. The molecule has 1 aliphatic heterocycles. The summed E-state index contributed by atoms with van der Waals surface area (Å²) in [5.41, 5.74) is 2.07. The van der Waals surface area contributed by atoms with E-state index in [9.17, 15) is 13.2 Å². The number of carbonyl (C=O) groups excluding carboxylic acids is 1. The number of aryl methyl sites for hydroxylation is 2. The van der Waals surface area contributed by atoms with Gasteiger partial charge in [-0.15, -0.1) is 11.3 Å². The van der Waals surface area contributed by atoms with E-state index in [4.69, 9.17) is 4.74 Å². The van der Waals surface area contributed by atoms with Crippen LogP contribution in [0.5, 0.6) is 0 Å². The highest BCUT2D eigenvalue weighted by Crippen LogP contribution is 2.33. The van der Waals surface area contributed by atoms with Crippen LogP contribution < -0.4 is 5.32 Å². The quantitative estimate of drug-likeness (QED) is 0.681. The Balaban J connectivity index is 1.30. The maximum absolute atomic E-state index is 12.7. The number of benzene rings is 1. The summed E-state index contributed by atoms with van der Waals surface area (Å²) in [4.78, 5) is 18.6. The van der Waals surface area contributed by atoms with E-state index in [2.05, 4.69) is 17.2 Å². The van der Waals surface area contributed by atoms with Crippen LogP contribution in [-0.4, -0.2) is 49.9 Å². The highest BCUT2D eigenvalue weighted by atomic mass is 32.2. The van der Waals surface area contributed by atoms with E-state index < -0.39 is 10.0 Å². The van der Waals surface area contributed by atoms with Crippen molar-refractivity contribution in [2.45, 2.75) is 50.3 Å². The van der Waals surface area contributed by atoms with Crippen molar-refractivity contribution in [2.24, 2.45) is 5.92 Å². The summed E-state index contributed by atoms with van der Waals surface area (Å²) in [6.07, 6.45) is 5.31. The molecule has 1 aromatic heterocycles. The first kappa shape index (κ1) is 22.4. The number of sulfonamides is 1. The number of anilines is 1. The molecule has 2 heterocycles. The number of morpholine rings is 1. The van der Waals surface area contributed by atoms with Crippen LogP contribution >= 0.6 is 11.3 Å². The number of carbonyl (C=O) groups is 1. The first-order valence-electron chi connectivity index (χ1n) is 10.9. The van der Waals surface area contributed by atoms with Crippen LogP contribution in [-0.2, 0) is 38.8 Å². The Morgan fingerprint density at radius 1 is 1.26 bits per heavy atom. The second-order valence-corrected chi connectivity index (χ2v) is 11.1. The molecule has 1 saturated heterocycles. The summed E-state index contributed by atoms with van der Waals surface area (Å²) >= 11 is 1.60. The Morgan fingerprint density at radius 3 is 2.71 bits per heavy atom. The van der Waals surface area contributed by atoms with Crippen molar-refractivity contribution in [2.75, 3.05) is 31.6 Å². The van der Waals surface area contributed by atoms with Gasteiger partial charge in [-0.2, -0.15) is 4.31 Å². The van der Waals surface area contributed by atoms with Gasteiger partial charge in [-0.25, -0.2) is 13.4 Å². The number of rotatable bonds is 7. The van der Waals surface area contributed by atoms with Gasteiger partial charge >= 0.3 is 0 Å². The molecule has 31 heavy (non-hydrogen) atoms. The van der Waals surface area contributed by atoms with Crippen LogP contribution in [0.15, 0.2) is 29.2 Å². The molecule has 0 bridgehead atoms. The van der Waals surface area contributed by atoms with E-state index in [-0.39, 0.29) is 10.8 Å². The molecule has 7 nitrogen and oxygen atoms in total. The van der Waals surface area contributed by atoms with Crippen molar-refractivity contribution < 1.29 is 17.9 Å². The highest BCUT2D eigenvalue weighted by molar-refractivity contribution is 7.89. The van der Waals surface area contributed by atoms with Crippen LogP contribution in [0.1, 0.15) is 42.3 Å². The van der Waals surface area contributed by atoms with Gasteiger partial charge in [0.15, 0.2) is 5.13 Å². The topological polar surface area (TPSA) is 88.6 Å². The van der Waals surface area contributed by atoms with E-state index >= 15 is 0 Å². The lowest BCUT2D eigenvalue weighted by Crippen LogP contribution is -2.40. The molecule has 9 heteroatoms. The van der Waals surface area contributed by atoms with Gasteiger partial charge in [-0.3, -0.25) is 4.79 Å². The Kier molecular flexibility index (Phi) is 7.05. The second kappa shape index (κ2) is 9.77. The van der Waals surface area contributed by atoms with Crippen molar-refractivity contribution in [3.05, 3.63) is 40.4 Å². The normalized spacial score (nSPS) is 19.7. The summed E-state index contributed by atoms with van der Waals surface area (Å²) in [5, 5.41) is 3.63. The van der Waals surface area contributed by atoms with E-state index in [1.54, 1.807) is 35.6 Å². The lowest BCUT2D eigenvalue weighted by molar-refractivity contribution is -0.116. The molecule has 2 aromatic rings. The van der Waals surface area contributed by atoms with Gasteiger partial charge in [-0.05, 0) is 49.3 Å². The number of ether oxygens (including phenoxy) is 1. The maximum atomic E-state index is 12.7. The molecular formula is C22H29N3O4S2. The van der Waals surface area contributed by atoms with Gasteiger partial charge in [0.05, 0.1) is 23.8 Å². The number of hydrogen-bond acceptors (Lipinski definition) is 6. The minimum atomic E-state index is -3.49. The van der Waals surface area contributed by atoms with Crippen LogP contribution in [0.25, 0.3) is 0 Å². The van der Waals surface area contributed by atoms with Gasteiger partial charge in [-0.1, -0.05) is 25.5 Å². The van der Waals surface area contributed by atoms with Crippen LogP contribution in [0.2, 0.25) is 0 Å². The number of nitrogens with zero attached hydrogens (tertiary/aromatic N) is 2. The molecule has 2 aliphatic rings. The molecule has 1 aliphatic carbocycles. The van der Waals surface area contributed by atoms with E-state index in [1.807, 2.05) is 0 Å². The molecule has 1 unspecified atom stereocenters. The van der Waals surface area contributed by atoms with Gasteiger partial charge in [0, 0.05) is 24.4 Å². The number of thiazole rings is 1. The number of amides is 1. The van der Waals surface area contributed by atoms with Crippen LogP contribution in [0, 0.1) is 5.92 Å². The van der Waals surface area contributed by atoms with E-state index in [0.29, 0.717) is 44.3 Å². The predicted molar refractivity (Wildman–Crippen MR) is 121 cm³/mol. The third kappa shape index (κ3) is 5.34. The predicted octanol–water partition coefficient (Wildman–Crippen LogP) is 3.25. The molecule has 1 fully saturated rings. The maximum Gasteiger partial charge on any atom is 0.243 e. The fourth-order valence-corrected chi connectivity index (χ4v) is 6.60. The molecule has 1 aromatic carbocycles. The van der Waals surface area contributed by atoms with E-state index in [0.717, 1.165) is 30.0 Å². The minimum Gasteiger partial charge on any atom is -0.379 e. The zero-order valence-electron chi connectivity index (χ0n) is 17.8. The number of nitrogens with one attached hydrogen (secondary N) is 1. The third-order valence-corrected chi connectivity index (χ3v) is 8.99. The molecule has 1 atom stereocenters. The molecule has 168 valence electrons.